The zero-order valence-electron chi connectivity index (χ0n) is 5.85. The highest BCUT2D eigenvalue weighted by atomic mass is 35.5. The van der Waals surface area contributed by atoms with E-state index in [2.05, 4.69) is 4.74 Å². The molecule has 0 aliphatic rings. The summed E-state index contributed by atoms with van der Waals surface area (Å²) in [6.07, 6.45) is 1.42. The van der Waals surface area contributed by atoms with Gasteiger partial charge >= 0.3 is 5.97 Å². The molecular formula is C6H13ClO2. The van der Waals surface area contributed by atoms with Crippen molar-refractivity contribution in [3.05, 3.63) is 0 Å². The molecule has 0 aliphatic carbocycles. The molecule has 2 nitrogen and oxygen atoms in total. The summed E-state index contributed by atoms with van der Waals surface area (Å²) < 4.78 is 4.64. The first-order valence-corrected chi connectivity index (χ1v) is 2.96. The minimum absolute atomic E-state index is 0. The third-order valence-corrected chi connectivity index (χ3v) is 0.759. The lowest BCUT2D eigenvalue weighted by Crippen LogP contribution is -2.01. The molecule has 3 heteroatoms. The van der Waals surface area contributed by atoms with E-state index in [4.69, 9.17) is 0 Å². The first-order valence-electron chi connectivity index (χ1n) is 2.96. The Morgan fingerprint density at radius 1 is 1.44 bits per heavy atom. The van der Waals surface area contributed by atoms with Crippen LogP contribution in [-0.4, -0.2) is 12.6 Å². The number of hydrogen-bond acceptors (Lipinski definition) is 2. The summed E-state index contributed by atoms with van der Waals surface area (Å²) in [7, 11) is 0. The van der Waals surface area contributed by atoms with Crippen molar-refractivity contribution in [3.8, 4) is 0 Å². The highest BCUT2D eigenvalue weighted by molar-refractivity contribution is 5.85. The maximum Gasteiger partial charge on any atom is 0.305 e. The average Bonchev–Trinajstić information content (AvgIpc) is 1.68. The summed E-state index contributed by atoms with van der Waals surface area (Å²) in [6.45, 7) is 4.27. The van der Waals surface area contributed by atoms with Crippen molar-refractivity contribution in [2.75, 3.05) is 6.61 Å². The van der Waals surface area contributed by atoms with Gasteiger partial charge in [-0.1, -0.05) is 6.92 Å². The number of rotatable bonds is 3. The first-order chi connectivity index (χ1) is 3.81. The Morgan fingerprint density at radius 2 is 2.00 bits per heavy atom. The van der Waals surface area contributed by atoms with Crippen LogP contribution in [0.25, 0.3) is 0 Å². The average molecular weight is 153 g/mol. The minimum atomic E-state index is -0.0880. The summed E-state index contributed by atoms with van der Waals surface area (Å²) in [5, 5.41) is 0. The van der Waals surface area contributed by atoms with Gasteiger partial charge < -0.3 is 4.74 Å². The largest absolute Gasteiger partial charge is 0.466 e. The molecule has 0 rings (SSSR count). The molecule has 0 aromatic rings. The van der Waals surface area contributed by atoms with Crippen LogP contribution in [0.5, 0.6) is 0 Å². The van der Waals surface area contributed by atoms with Gasteiger partial charge in [0.15, 0.2) is 0 Å². The van der Waals surface area contributed by atoms with Crippen molar-refractivity contribution in [3.63, 3.8) is 0 Å². The van der Waals surface area contributed by atoms with Crippen LogP contribution in [0.15, 0.2) is 0 Å². The fraction of sp³-hybridized carbons (Fsp3) is 0.833. The second-order valence-corrected chi connectivity index (χ2v) is 1.56. The maximum atomic E-state index is 10.4. The van der Waals surface area contributed by atoms with E-state index in [0.29, 0.717) is 13.0 Å². The van der Waals surface area contributed by atoms with Gasteiger partial charge in [-0.25, -0.2) is 0 Å². The topological polar surface area (TPSA) is 26.3 Å². The molecule has 0 amide bonds. The standard InChI is InChI=1S/C6H12O2.ClH/c1-3-5-6(7)8-4-2;/h3-5H2,1-2H3;1H. The second kappa shape index (κ2) is 7.76. The zero-order chi connectivity index (χ0) is 6.41. The third kappa shape index (κ3) is 7.76. The van der Waals surface area contributed by atoms with Gasteiger partial charge in [-0.2, -0.15) is 0 Å². The zero-order valence-corrected chi connectivity index (χ0v) is 6.66. The number of carbonyl (C=O) groups is 1. The Bertz CT molecular complexity index is 65.5. The molecule has 0 aliphatic heterocycles. The van der Waals surface area contributed by atoms with Gasteiger partial charge in [-0.15, -0.1) is 12.4 Å². The Kier molecular flexibility index (Phi) is 9.95. The van der Waals surface area contributed by atoms with Crippen LogP contribution in [0.3, 0.4) is 0 Å². The summed E-state index contributed by atoms with van der Waals surface area (Å²) >= 11 is 0. The Morgan fingerprint density at radius 3 is 2.33 bits per heavy atom. The smallest absolute Gasteiger partial charge is 0.305 e. The molecule has 0 saturated carbocycles. The van der Waals surface area contributed by atoms with Crippen LogP contribution in [0.1, 0.15) is 26.7 Å². The highest BCUT2D eigenvalue weighted by Crippen LogP contribution is 1.89. The molecule has 9 heavy (non-hydrogen) atoms. The summed E-state index contributed by atoms with van der Waals surface area (Å²) in [5.74, 6) is -0.0880. The quantitative estimate of drug-likeness (QED) is 0.577. The predicted molar refractivity (Wildman–Crippen MR) is 38.8 cm³/mol. The molecule has 0 saturated heterocycles. The molecule has 0 N–H and O–H groups in total. The number of hydrogen-bond donors (Lipinski definition) is 0. The number of halogens is 1. The summed E-state index contributed by atoms with van der Waals surface area (Å²) in [4.78, 5) is 10.4. The lowest BCUT2D eigenvalue weighted by atomic mass is 10.3. The van der Waals surface area contributed by atoms with Crippen LogP contribution < -0.4 is 0 Å². The Labute approximate surface area is 62.0 Å². The molecule has 0 fully saturated rings. The van der Waals surface area contributed by atoms with Crippen molar-refractivity contribution in [2.45, 2.75) is 26.7 Å². The molecule has 0 unspecified atom stereocenters. The summed E-state index contributed by atoms with van der Waals surface area (Å²) in [6, 6.07) is 0. The van der Waals surface area contributed by atoms with Crippen LogP contribution >= 0.6 is 12.4 Å². The van der Waals surface area contributed by atoms with Crippen molar-refractivity contribution in [1.29, 1.82) is 0 Å². The third-order valence-electron chi connectivity index (χ3n) is 0.759. The Balaban J connectivity index is 0. The normalized spacial score (nSPS) is 7.78. The lowest BCUT2D eigenvalue weighted by molar-refractivity contribution is -0.143. The summed E-state index contributed by atoms with van der Waals surface area (Å²) in [5.41, 5.74) is 0. The fourth-order valence-electron chi connectivity index (χ4n) is 0.437. The van der Waals surface area contributed by atoms with E-state index in [1.165, 1.54) is 0 Å². The van der Waals surface area contributed by atoms with Gasteiger partial charge in [0, 0.05) is 6.42 Å². The fourth-order valence-corrected chi connectivity index (χ4v) is 0.437. The van der Waals surface area contributed by atoms with Gasteiger partial charge in [0.25, 0.3) is 0 Å². The first kappa shape index (κ1) is 11.5. The molecule has 0 heterocycles. The molecule has 0 atom stereocenters. The monoisotopic (exact) mass is 152 g/mol. The number of carbonyl (C=O) groups excluding carboxylic acids is 1. The van der Waals surface area contributed by atoms with E-state index < -0.39 is 0 Å². The van der Waals surface area contributed by atoms with Gasteiger partial charge in [0.05, 0.1) is 6.61 Å². The van der Waals surface area contributed by atoms with E-state index in [1.54, 1.807) is 0 Å². The molecule has 56 valence electrons. The molecular weight excluding hydrogens is 140 g/mol. The van der Waals surface area contributed by atoms with Crippen molar-refractivity contribution < 1.29 is 9.53 Å². The Hall–Kier alpha value is -0.240. The van der Waals surface area contributed by atoms with Crippen LogP contribution in [-0.2, 0) is 9.53 Å². The van der Waals surface area contributed by atoms with E-state index in [-0.39, 0.29) is 18.4 Å². The molecule has 0 bridgehead atoms. The highest BCUT2D eigenvalue weighted by Gasteiger charge is 1.95. The van der Waals surface area contributed by atoms with Crippen LogP contribution in [0.4, 0.5) is 0 Å². The van der Waals surface area contributed by atoms with Gasteiger partial charge in [-0.3, -0.25) is 4.79 Å². The van der Waals surface area contributed by atoms with Gasteiger partial charge in [-0.05, 0) is 13.3 Å². The van der Waals surface area contributed by atoms with Crippen molar-refractivity contribution >= 4 is 18.4 Å². The molecule has 0 aromatic carbocycles. The second-order valence-electron chi connectivity index (χ2n) is 1.56. The molecule has 0 radical (unpaired) electrons. The van der Waals surface area contributed by atoms with Crippen LogP contribution in [0, 0.1) is 0 Å². The molecule has 0 spiro atoms. The van der Waals surface area contributed by atoms with Crippen LogP contribution in [0.2, 0.25) is 0 Å². The maximum absolute atomic E-state index is 10.4. The SMILES string of the molecule is CCCC(=O)OCC.Cl. The van der Waals surface area contributed by atoms with E-state index in [1.807, 2.05) is 13.8 Å². The predicted octanol–water partition coefficient (Wildman–Crippen LogP) is 1.77. The lowest BCUT2D eigenvalue weighted by Gasteiger charge is -1.96. The minimum Gasteiger partial charge on any atom is -0.466 e. The molecule has 0 aromatic heterocycles. The number of ether oxygens (including phenoxy) is 1. The van der Waals surface area contributed by atoms with E-state index in [0.717, 1.165) is 6.42 Å². The van der Waals surface area contributed by atoms with Crippen molar-refractivity contribution in [1.82, 2.24) is 0 Å². The van der Waals surface area contributed by atoms with E-state index in [9.17, 15) is 4.79 Å². The van der Waals surface area contributed by atoms with Crippen molar-refractivity contribution in [2.24, 2.45) is 0 Å². The van der Waals surface area contributed by atoms with Gasteiger partial charge in [0.2, 0.25) is 0 Å². The van der Waals surface area contributed by atoms with E-state index >= 15 is 0 Å². The number of esters is 1. The van der Waals surface area contributed by atoms with Gasteiger partial charge in [0.1, 0.15) is 0 Å².